The smallest absolute Gasteiger partial charge is 0.271 e. The number of hydrazone groups is 1. The Kier molecular flexibility index (Phi) is 3.95. The first kappa shape index (κ1) is 13.5. The second-order valence-corrected chi connectivity index (χ2v) is 3.95. The number of amides is 1. The molecule has 0 spiro atoms. The lowest BCUT2D eigenvalue weighted by Gasteiger charge is -2.01. The Hall–Kier alpha value is -2.89. The predicted molar refractivity (Wildman–Crippen MR) is 71.2 cm³/mol. The van der Waals surface area contributed by atoms with Crippen LogP contribution in [0.15, 0.2) is 47.6 Å². The fourth-order valence-electron chi connectivity index (χ4n) is 1.47. The lowest BCUT2D eigenvalue weighted by Crippen LogP contribution is -2.17. The molecule has 5 nitrogen and oxygen atoms in total. The summed E-state index contributed by atoms with van der Waals surface area (Å²) in [4.78, 5) is 11.6. The first-order valence-corrected chi connectivity index (χ1v) is 5.67. The van der Waals surface area contributed by atoms with Crippen molar-refractivity contribution in [3.05, 3.63) is 59.4 Å². The van der Waals surface area contributed by atoms with E-state index in [1.807, 2.05) is 0 Å². The van der Waals surface area contributed by atoms with Gasteiger partial charge in [0.15, 0.2) is 0 Å². The highest BCUT2D eigenvalue weighted by Crippen LogP contribution is 2.20. The van der Waals surface area contributed by atoms with Gasteiger partial charge in [0.1, 0.15) is 17.3 Å². The summed E-state index contributed by atoms with van der Waals surface area (Å²) in [5.74, 6) is -1.17. The summed E-state index contributed by atoms with van der Waals surface area (Å²) in [6, 6.07) is 8.98. The van der Waals surface area contributed by atoms with E-state index in [4.69, 9.17) is 5.11 Å². The molecule has 2 aromatic carbocycles. The third kappa shape index (κ3) is 3.32. The number of carbonyl (C=O) groups is 1. The summed E-state index contributed by atoms with van der Waals surface area (Å²) in [6.07, 6.45) is 1.23. The van der Waals surface area contributed by atoms with Gasteiger partial charge in [-0.25, -0.2) is 9.82 Å². The number of hydrogen-bond acceptors (Lipinski definition) is 4. The van der Waals surface area contributed by atoms with Crippen LogP contribution in [0.2, 0.25) is 0 Å². The molecule has 0 aliphatic carbocycles. The van der Waals surface area contributed by atoms with Crippen LogP contribution in [-0.2, 0) is 0 Å². The Morgan fingerprint density at radius 3 is 2.50 bits per heavy atom. The molecule has 0 aliphatic heterocycles. The van der Waals surface area contributed by atoms with Gasteiger partial charge in [0, 0.05) is 17.2 Å². The van der Waals surface area contributed by atoms with Crippen molar-refractivity contribution in [3.8, 4) is 11.5 Å². The molecule has 1 amide bonds. The molecule has 2 rings (SSSR count). The number of phenols is 2. The van der Waals surface area contributed by atoms with Crippen LogP contribution in [0.3, 0.4) is 0 Å². The molecular weight excluding hydrogens is 263 g/mol. The zero-order valence-corrected chi connectivity index (χ0v) is 10.2. The van der Waals surface area contributed by atoms with Gasteiger partial charge < -0.3 is 10.2 Å². The van der Waals surface area contributed by atoms with Crippen LogP contribution in [-0.4, -0.2) is 22.3 Å². The molecule has 0 heterocycles. The largest absolute Gasteiger partial charge is 0.508 e. The Morgan fingerprint density at radius 1 is 1.15 bits per heavy atom. The fraction of sp³-hybridized carbons (Fsp3) is 0. The number of carbonyl (C=O) groups excluding carboxylic acids is 1. The molecule has 2 aromatic rings. The quantitative estimate of drug-likeness (QED) is 0.591. The van der Waals surface area contributed by atoms with Crippen molar-refractivity contribution < 1.29 is 19.4 Å². The first-order valence-electron chi connectivity index (χ1n) is 5.67. The Labute approximate surface area is 114 Å². The summed E-state index contributed by atoms with van der Waals surface area (Å²) in [6.45, 7) is 0. The number of hydrogen-bond donors (Lipinski definition) is 3. The van der Waals surface area contributed by atoms with Gasteiger partial charge in [0.05, 0.1) is 6.21 Å². The van der Waals surface area contributed by atoms with Crippen molar-refractivity contribution in [3.63, 3.8) is 0 Å². The lowest BCUT2D eigenvalue weighted by molar-refractivity contribution is 0.0955. The molecule has 20 heavy (non-hydrogen) atoms. The normalized spacial score (nSPS) is 10.7. The summed E-state index contributed by atoms with van der Waals surface area (Å²) >= 11 is 0. The second kappa shape index (κ2) is 5.83. The van der Waals surface area contributed by atoms with Crippen LogP contribution in [0, 0.1) is 5.82 Å². The van der Waals surface area contributed by atoms with Crippen LogP contribution in [0.1, 0.15) is 15.9 Å². The number of nitrogens with zero attached hydrogens (tertiary/aromatic N) is 1. The van der Waals surface area contributed by atoms with Crippen LogP contribution >= 0.6 is 0 Å². The lowest BCUT2D eigenvalue weighted by atomic mass is 10.2. The zero-order valence-electron chi connectivity index (χ0n) is 10.2. The van der Waals surface area contributed by atoms with Crippen LogP contribution in [0.25, 0.3) is 0 Å². The Bertz CT molecular complexity index is 654. The highest BCUT2D eigenvalue weighted by atomic mass is 19.1. The van der Waals surface area contributed by atoms with E-state index in [1.165, 1.54) is 42.6 Å². The van der Waals surface area contributed by atoms with Gasteiger partial charge in [-0.3, -0.25) is 4.79 Å². The number of rotatable bonds is 3. The van der Waals surface area contributed by atoms with Crippen molar-refractivity contribution >= 4 is 12.1 Å². The van der Waals surface area contributed by atoms with E-state index in [1.54, 1.807) is 0 Å². The van der Waals surface area contributed by atoms with Crippen molar-refractivity contribution in [2.24, 2.45) is 5.10 Å². The van der Waals surface area contributed by atoms with E-state index < -0.39 is 11.7 Å². The summed E-state index contributed by atoms with van der Waals surface area (Å²) in [5.41, 5.74) is 2.84. The number of phenolic OH excluding ortho intramolecular Hbond substituents is 2. The van der Waals surface area contributed by atoms with E-state index in [0.29, 0.717) is 5.56 Å². The zero-order chi connectivity index (χ0) is 14.5. The molecule has 0 atom stereocenters. The van der Waals surface area contributed by atoms with Crippen molar-refractivity contribution in [1.82, 2.24) is 5.43 Å². The maximum Gasteiger partial charge on any atom is 0.271 e. The van der Waals surface area contributed by atoms with Crippen LogP contribution < -0.4 is 5.43 Å². The van der Waals surface area contributed by atoms with Crippen LogP contribution in [0.4, 0.5) is 4.39 Å². The number of nitrogens with one attached hydrogen (secondary N) is 1. The SMILES string of the molecule is O=C(N/N=C\c1ccc(O)cc1O)c1ccc(F)cc1. The average Bonchev–Trinajstić information content (AvgIpc) is 2.42. The average molecular weight is 274 g/mol. The number of benzene rings is 2. The van der Waals surface area contributed by atoms with Gasteiger partial charge in [0.25, 0.3) is 5.91 Å². The molecule has 0 aromatic heterocycles. The molecule has 0 saturated carbocycles. The van der Waals surface area contributed by atoms with Crippen molar-refractivity contribution in [2.75, 3.05) is 0 Å². The first-order chi connectivity index (χ1) is 9.56. The molecule has 0 unspecified atom stereocenters. The van der Waals surface area contributed by atoms with E-state index in [0.717, 1.165) is 6.07 Å². The van der Waals surface area contributed by atoms with Crippen molar-refractivity contribution in [1.29, 1.82) is 0 Å². The van der Waals surface area contributed by atoms with Gasteiger partial charge in [-0.2, -0.15) is 5.10 Å². The van der Waals surface area contributed by atoms with Crippen molar-refractivity contribution in [2.45, 2.75) is 0 Å². The standard InChI is InChI=1S/C14H11FN2O3/c15-11-4-1-9(2-5-11)14(20)17-16-8-10-3-6-12(18)7-13(10)19/h1-8,18-19H,(H,17,20)/b16-8-. The fourth-order valence-corrected chi connectivity index (χ4v) is 1.47. The van der Waals surface area contributed by atoms with E-state index in [-0.39, 0.29) is 17.1 Å². The van der Waals surface area contributed by atoms with Crippen LogP contribution in [0.5, 0.6) is 11.5 Å². The van der Waals surface area contributed by atoms with E-state index in [9.17, 15) is 14.3 Å². The van der Waals surface area contributed by atoms with Gasteiger partial charge in [-0.15, -0.1) is 0 Å². The number of halogens is 1. The summed E-state index contributed by atoms with van der Waals surface area (Å²) < 4.78 is 12.7. The Morgan fingerprint density at radius 2 is 1.85 bits per heavy atom. The monoisotopic (exact) mass is 274 g/mol. The highest BCUT2D eigenvalue weighted by Gasteiger charge is 2.04. The molecule has 3 N–H and O–H groups in total. The minimum Gasteiger partial charge on any atom is -0.508 e. The minimum atomic E-state index is -0.500. The molecule has 0 radical (unpaired) electrons. The Balaban J connectivity index is 2.02. The minimum absolute atomic E-state index is 0.0741. The maximum absolute atomic E-state index is 12.7. The molecule has 0 saturated heterocycles. The molecule has 0 aliphatic rings. The van der Waals surface area contributed by atoms with Gasteiger partial charge in [0.2, 0.25) is 0 Å². The van der Waals surface area contributed by atoms with E-state index >= 15 is 0 Å². The van der Waals surface area contributed by atoms with Gasteiger partial charge in [-0.1, -0.05) is 0 Å². The highest BCUT2D eigenvalue weighted by molar-refractivity contribution is 5.95. The third-order valence-corrected chi connectivity index (χ3v) is 2.49. The van der Waals surface area contributed by atoms with Gasteiger partial charge >= 0.3 is 0 Å². The number of aromatic hydroxyl groups is 2. The van der Waals surface area contributed by atoms with E-state index in [2.05, 4.69) is 10.5 Å². The topological polar surface area (TPSA) is 81.9 Å². The maximum atomic E-state index is 12.7. The summed E-state index contributed by atoms with van der Waals surface area (Å²) in [7, 11) is 0. The molecule has 0 bridgehead atoms. The van der Waals surface area contributed by atoms with Gasteiger partial charge in [-0.05, 0) is 36.4 Å². The molecule has 6 heteroatoms. The molecule has 102 valence electrons. The molecule has 0 fully saturated rings. The third-order valence-electron chi connectivity index (χ3n) is 2.49. The summed E-state index contributed by atoms with van der Waals surface area (Å²) in [5, 5.41) is 22.3. The molecular formula is C14H11FN2O3. The second-order valence-electron chi connectivity index (χ2n) is 3.95. The predicted octanol–water partition coefficient (Wildman–Crippen LogP) is 2.00.